The molecule has 0 spiro atoms. The van der Waals surface area contributed by atoms with E-state index in [2.05, 4.69) is 11.9 Å². The van der Waals surface area contributed by atoms with Crippen LogP contribution in [-0.4, -0.2) is 25.0 Å². The second-order valence-electron chi connectivity index (χ2n) is 3.42. The van der Waals surface area contributed by atoms with Crippen LogP contribution in [0.2, 0.25) is 0 Å². The van der Waals surface area contributed by atoms with Crippen LogP contribution in [0.4, 0.5) is 0 Å². The summed E-state index contributed by atoms with van der Waals surface area (Å²) in [6.45, 7) is 2.64. The molecule has 1 rings (SSSR count). The maximum Gasteiger partial charge on any atom is -0.00218 e. The predicted octanol–water partition coefficient (Wildman–Crippen LogP) is 2.27. The summed E-state index contributed by atoms with van der Waals surface area (Å²) in [5.74, 6) is 0. The van der Waals surface area contributed by atoms with Gasteiger partial charge in [0.05, 0.1) is 0 Å². The summed E-state index contributed by atoms with van der Waals surface area (Å²) in [7, 11) is 2.24. The first-order valence-corrected chi connectivity index (χ1v) is 4.58. The van der Waals surface area contributed by atoms with Gasteiger partial charge in [0.1, 0.15) is 0 Å². The third-order valence-electron chi connectivity index (χ3n) is 2.33. The molecule has 1 heterocycles. The van der Waals surface area contributed by atoms with E-state index in [4.69, 9.17) is 0 Å². The first-order chi connectivity index (χ1) is 4.89. The Bertz CT molecular complexity index is 70.8. The van der Waals surface area contributed by atoms with Gasteiger partial charge >= 0.3 is 0 Å². The number of nitrogens with zero attached hydrogens (tertiary/aromatic N) is 1. The molecule has 1 heteroatoms. The van der Waals surface area contributed by atoms with E-state index in [-0.39, 0.29) is 0 Å². The first kappa shape index (κ1) is 8.06. The zero-order chi connectivity index (χ0) is 7.23. The highest BCUT2D eigenvalue weighted by molar-refractivity contribution is 4.56. The molecule has 1 nitrogen and oxygen atoms in total. The minimum absolute atomic E-state index is 1.32. The van der Waals surface area contributed by atoms with E-state index >= 15 is 0 Å². The fourth-order valence-electron chi connectivity index (χ4n) is 1.58. The Labute approximate surface area is 64.4 Å². The molecule has 1 aliphatic rings. The third-order valence-corrected chi connectivity index (χ3v) is 2.33. The zero-order valence-electron chi connectivity index (χ0n) is 7.10. The van der Waals surface area contributed by atoms with Crippen LogP contribution in [0, 0.1) is 0 Å². The lowest BCUT2D eigenvalue weighted by molar-refractivity contribution is 0.327. The van der Waals surface area contributed by atoms with Crippen molar-refractivity contribution >= 4 is 0 Å². The summed E-state index contributed by atoms with van der Waals surface area (Å²) in [6, 6.07) is 0. The largest absolute Gasteiger partial charge is 0.306 e. The van der Waals surface area contributed by atoms with Crippen molar-refractivity contribution in [3.05, 3.63) is 0 Å². The summed E-state index contributed by atoms with van der Waals surface area (Å²) in [6.07, 6.45) is 8.66. The molecule has 1 saturated heterocycles. The van der Waals surface area contributed by atoms with Crippen molar-refractivity contribution in [1.82, 2.24) is 4.90 Å². The van der Waals surface area contributed by atoms with E-state index in [0.717, 1.165) is 0 Å². The Balaban J connectivity index is 2.15. The van der Waals surface area contributed by atoms with Crippen molar-refractivity contribution in [2.24, 2.45) is 0 Å². The monoisotopic (exact) mass is 141 g/mol. The van der Waals surface area contributed by atoms with Crippen LogP contribution in [0.3, 0.4) is 0 Å². The molecule has 1 aliphatic heterocycles. The van der Waals surface area contributed by atoms with Crippen LogP contribution in [0.5, 0.6) is 0 Å². The number of hydrogen-bond donors (Lipinski definition) is 0. The van der Waals surface area contributed by atoms with Crippen LogP contribution in [0.15, 0.2) is 0 Å². The molecule has 0 N–H and O–H groups in total. The van der Waals surface area contributed by atoms with Gasteiger partial charge in [-0.3, -0.25) is 0 Å². The lowest BCUT2D eigenvalue weighted by Gasteiger charge is -2.13. The van der Waals surface area contributed by atoms with E-state index in [0.29, 0.717) is 0 Å². The van der Waals surface area contributed by atoms with E-state index in [1.54, 1.807) is 0 Å². The topological polar surface area (TPSA) is 3.24 Å². The van der Waals surface area contributed by atoms with Crippen LogP contribution >= 0.6 is 0 Å². The van der Waals surface area contributed by atoms with Crippen LogP contribution in [0.1, 0.15) is 38.5 Å². The van der Waals surface area contributed by atoms with Crippen molar-refractivity contribution in [3.63, 3.8) is 0 Å². The molecule has 0 aromatic heterocycles. The summed E-state index contributed by atoms with van der Waals surface area (Å²) >= 11 is 0. The fourth-order valence-corrected chi connectivity index (χ4v) is 1.58. The highest BCUT2D eigenvalue weighted by Crippen LogP contribution is 2.09. The first-order valence-electron chi connectivity index (χ1n) is 4.58. The number of hydrogen-bond acceptors (Lipinski definition) is 1. The lowest BCUT2D eigenvalue weighted by Crippen LogP contribution is -2.20. The Hall–Kier alpha value is -0.0400. The molecule has 0 aliphatic carbocycles. The van der Waals surface area contributed by atoms with Crippen molar-refractivity contribution in [3.8, 4) is 0 Å². The fraction of sp³-hybridized carbons (Fsp3) is 1.00. The SMILES string of the molecule is CN1CCCCCCCC1. The highest BCUT2D eigenvalue weighted by Gasteiger charge is 2.00. The number of rotatable bonds is 0. The summed E-state index contributed by atoms with van der Waals surface area (Å²) < 4.78 is 0. The van der Waals surface area contributed by atoms with E-state index in [9.17, 15) is 0 Å². The maximum atomic E-state index is 2.46. The Kier molecular flexibility index (Phi) is 3.81. The second kappa shape index (κ2) is 4.73. The minimum Gasteiger partial charge on any atom is -0.306 e. The van der Waals surface area contributed by atoms with Gasteiger partial charge in [0.15, 0.2) is 0 Å². The maximum absolute atomic E-state index is 2.46. The Morgan fingerprint density at radius 1 is 0.700 bits per heavy atom. The minimum atomic E-state index is 1.32. The molecule has 10 heavy (non-hydrogen) atoms. The smallest absolute Gasteiger partial charge is 0.00218 e. The summed E-state index contributed by atoms with van der Waals surface area (Å²) in [5.41, 5.74) is 0. The molecule has 0 atom stereocenters. The van der Waals surface area contributed by atoms with Crippen LogP contribution in [0.25, 0.3) is 0 Å². The molecule has 0 aromatic rings. The standard InChI is InChI=1S/C9H19N/c1-10-8-6-4-2-3-5-7-9-10/h2-9H2,1H3. The molecule has 60 valence electrons. The predicted molar refractivity (Wildman–Crippen MR) is 45.2 cm³/mol. The van der Waals surface area contributed by atoms with E-state index < -0.39 is 0 Å². The molecule has 0 saturated carbocycles. The third kappa shape index (κ3) is 3.21. The van der Waals surface area contributed by atoms with Gasteiger partial charge in [-0.1, -0.05) is 25.7 Å². The summed E-state index contributed by atoms with van der Waals surface area (Å²) in [4.78, 5) is 2.46. The van der Waals surface area contributed by atoms with Gasteiger partial charge in [0, 0.05) is 0 Å². The normalized spacial score (nSPS) is 24.9. The molecule has 1 fully saturated rings. The molecular weight excluding hydrogens is 122 g/mol. The van der Waals surface area contributed by atoms with Crippen molar-refractivity contribution in [2.45, 2.75) is 38.5 Å². The van der Waals surface area contributed by atoms with E-state index in [1.165, 1.54) is 51.6 Å². The van der Waals surface area contributed by atoms with Gasteiger partial charge in [-0.2, -0.15) is 0 Å². The lowest BCUT2D eigenvalue weighted by atomic mass is 10.1. The van der Waals surface area contributed by atoms with Gasteiger partial charge in [-0.15, -0.1) is 0 Å². The van der Waals surface area contributed by atoms with Crippen LogP contribution in [-0.2, 0) is 0 Å². The molecule has 0 amide bonds. The van der Waals surface area contributed by atoms with Crippen molar-refractivity contribution in [2.75, 3.05) is 20.1 Å². The van der Waals surface area contributed by atoms with Gasteiger partial charge in [-0.05, 0) is 33.0 Å². The zero-order valence-corrected chi connectivity index (χ0v) is 7.10. The molecule has 0 radical (unpaired) electrons. The molecule has 0 unspecified atom stereocenters. The Morgan fingerprint density at radius 2 is 1.10 bits per heavy atom. The molecule has 0 aromatic carbocycles. The van der Waals surface area contributed by atoms with Gasteiger partial charge in [0.2, 0.25) is 0 Å². The van der Waals surface area contributed by atoms with Crippen LogP contribution < -0.4 is 0 Å². The van der Waals surface area contributed by atoms with Crippen molar-refractivity contribution in [1.29, 1.82) is 0 Å². The highest BCUT2D eigenvalue weighted by atomic mass is 15.1. The average molecular weight is 141 g/mol. The quantitative estimate of drug-likeness (QED) is 0.500. The van der Waals surface area contributed by atoms with Gasteiger partial charge in [0.25, 0.3) is 0 Å². The summed E-state index contributed by atoms with van der Waals surface area (Å²) in [5, 5.41) is 0. The van der Waals surface area contributed by atoms with Gasteiger partial charge in [-0.25, -0.2) is 0 Å². The molecule has 0 bridgehead atoms. The molecular formula is C9H19N. The second-order valence-corrected chi connectivity index (χ2v) is 3.42. The van der Waals surface area contributed by atoms with E-state index in [1.807, 2.05) is 0 Å². The average Bonchev–Trinajstić information content (AvgIpc) is 2.02. The van der Waals surface area contributed by atoms with Gasteiger partial charge < -0.3 is 4.90 Å². The Morgan fingerprint density at radius 3 is 1.60 bits per heavy atom. The van der Waals surface area contributed by atoms with Crippen molar-refractivity contribution < 1.29 is 0 Å².